The smallest absolute Gasteiger partial charge is 0.220 e. The molecule has 162 valence electrons. The van der Waals surface area contributed by atoms with Crippen LogP contribution < -0.4 is 0 Å². The van der Waals surface area contributed by atoms with E-state index in [1.165, 1.54) is 38.5 Å². The van der Waals surface area contributed by atoms with Gasteiger partial charge >= 0.3 is 0 Å². The van der Waals surface area contributed by atoms with Gasteiger partial charge in [-0.1, -0.05) is 58.8 Å². The topological polar surface area (TPSA) is 37.3 Å². The van der Waals surface area contributed by atoms with Crippen LogP contribution in [0.2, 0.25) is 0 Å². The Morgan fingerprint density at radius 1 is 1.00 bits per heavy atom. The maximum atomic E-state index is 12.5. The number of aliphatic hydroxyl groups excluding tert-OH is 1. The van der Waals surface area contributed by atoms with Gasteiger partial charge in [-0.3, -0.25) is 4.79 Å². The van der Waals surface area contributed by atoms with E-state index in [2.05, 4.69) is 46.8 Å². The maximum absolute atomic E-state index is 12.5. The molecule has 3 fully saturated rings. The Labute approximate surface area is 182 Å². The Kier molecular flexibility index (Phi) is 4.08. The molecule has 0 radical (unpaired) electrons. The summed E-state index contributed by atoms with van der Waals surface area (Å²) in [5.41, 5.74) is 5.33. The fourth-order valence-electron chi connectivity index (χ4n) is 8.51. The van der Waals surface area contributed by atoms with Gasteiger partial charge in [0.2, 0.25) is 5.78 Å². The van der Waals surface area contributed by atoms with Crippen LogP contribution in [0.15, 0.2) is 46.3 Å². The van der Waals surface area contributed by atoms with Crippen molar-refractivity contribution in [2.24, 2.45) is 33.5 Å². The van der Waals surface area contributed by atoms with Gasteiger partial charge in [0.15, 0.2) is 5.76 Å². The molecule has 5 aliphatic carbocycles. The van der Waals surface area contributed by atoms with Crippen LogP contribution in [-0.2, 0) is 4.79 Å². The van der Waals surface area contributed by atoms with E-state index >= 15 is 0 Å². The minimum atomic E-state index is -0.224. The number of ketones is 1. The number of rotatable bonds is 0. The molecule has 0 saturated heterocycles. The lowest BCUT2D eigenvalue weighted by atomic mass is 9.35. The van der Waals surface area contributed by atoms with E-state index in [1.54, 1.807) is 11.6 Å². The van der Waals surface area contributed by atoms with Crippen molar-refractivity contribution in [1.82, 2.24) is 0 Å². The molecular weight excluding hydrogens is 368 g/mol. The first kappa shape index (κ1) is 20.3. The normalized spacial score (nSPS) is 47.9. The molecule has 1 N–H and O–H groups in total. The predicted molar refractivity (Wildman–Crippen MR) is 122 cm³/mol. The summed E-state index contributed by atoms with van der Waals surface area (Å²) in [7, 11) is 0. The molecule has 0 amide bonds. The lowest BCUT2D eigenvalue weighted by Crippen LogP contribution is -2.60. The number of aliphatic hydroxyl groups is 1. The number of hydrogen-bond acceptors (Lipinski definition) is 2. The SMILES string of the molecule is CC1=C(O)C(=O)C=C2C1=CC=C1[C@@]2(C)CC[C@@]2(C)[C@@H]3C[C@@H](C)CC[C@]3(C)CC[C@]12C. The van der Waals surface area contributed by atoms with Crippen LogP contribution in [0.3, 0.4) is 0 Å². The van der Waals surface area contributed by atoms with Gasteiger partial charge in [-0.25, -0.2) is 0 Å². The average molecular weight is 407 g/mol. The van der Waals surface area contributed by atoms with Crippen LogP contribution in [0.25, 0.3) is 0 Å². The van der Waals surface area contributed by atoms with Crippen molar-refractivity contribution < 1.29 is 9.90 Å². The number of allylic oxidation sites excluding steroid dienone is 7. The van der Waals surface area contributed by atoms with Crippen LogP contribution >= 0.6 is 0 Å². The van der Waals surface area contributed by atoms with Gasteiger partial charge in [-0.15, -0.1) is 0 Å². The van der Waals surface area contributed by atoms with Gasteiger partial charge in [0.05, 0.1) is 0 Å². The molecule has 0 bridgehead atoms. The van der Waals surface area contributed by atoms with Crippen molar-refractivity contribution in [3.63, 3.8) is 0 Å². The molecule has 0 aromatic heterocycles. The molecule has 0 unspecified atom stereocenters. The van der Waals surface area contributed by atoms with Crippen LogP contribution in [0.5, 0.6) is 0 Å². The third-order valence-electron chi connectivity index (χ3n) is 10.8. The largest absolute Gasteiger partial charge is 0.504 e. The molecule has 2 heteroatoms. The molecule has 30 heavy (non-hydrogen) atoms. The summed E-state index contributed by atoms with van der Waals surface area (Å²) < 4.78 is 0. The zero-order valence-corrected chi connectivity index (χ0v) is 19.7. The average Bonchev–Trinajstić information content (AvgIpc) is 2.70. The molecule has 0 aromatic rings. The van der Waals surface area contributed by atoms with Crippen molar-refractivity contribution in [3.8, 4) is 0 Å². The van der Waals surface area contributed by atoms with Crippen molar-refractivity contribution in [2.45, 2.75) is 86.5 Å². The second kappa shape index (κ2) is 6.02. The summed E-state index contributed by atoms with van der Waals surface area (Å²) in [4.78, 5) is 12.5. The van der Waals surface area contributed by atoms with Crippen molar-refractivity contribution in [3.05, 3.63) is 46.3 Å². The Balaban J connectivity index is 1.66. The van der Waals surface area contributed by atoms with E-state index in [4.69, 9.17) is 0 Å². The third kappa shape index (κ3) is 2.29. The molecule has 2 nitrogen and oxygen atoms in total. The van der Waals surface area contributed by atoms with E-state index < -0.39 is 0 Å². The summed E-state index contributed by atoms with van der Waals surface area (Å²) in [6.07, 6.45) is 15.3. The molecule has 0 heterocycles. The number of fused-ring (bicyclic) bond motifs is 7. The first-order chi connectivity index (χ1) is 14.0. The first-order valence-corrected chi connectivity index (χ1v) is 12.1. The number of carbonyl (C=O) groups is 1. The van der Waals surface area contributed by atoms with Crippen molar-refractivity contribution in [2.75, 3.05) is 0 Å². The van der Waals surface area contributed by atoms with Gasteiger partial charge in [0, 0.05) is 11.0 Å². The molecule has 0 spiro atoms. The van der Waals surface area contributed by atoms with Gasteiger partial charge in [-0.2, -0.15) is 0 Å². The summed E-state index contributed by atoms with van der Waals surface area (Å²) in [6, 6.07) is 0. The van der Waals surface area contributed by atoms with E-state index in [0.717, 1.165) is 35.0 Å². The molecule has 0 aliphatic heterocycles. The highest BCUT2D eigenvalue weighted by Gasteiger charge is 2.65. The number of carbonyl (C=O) groups excluding carboxylic acids is 1. The standard InChI is InChI=1S/C28H38O2/c1-17-9-10-25(3)11-13-27(5)22-8-7-19-18(2)24(30)21(29)16-20(19)26(22,4)12-14-28(27,6)23(25)15-17/h7-8,16-17,23,30H,9-15H2,1-6H3/t17-,23+,25+,26-,27+,28-/m0/s1. The predicted octanol–water partition coefficient (Wildman–Crippen LogP) is 7.24. The minimum Gasteiger partial charge on any atom is -0.504 e. The van der Waals surface area contributed by atoms with Crippen molar-refractivity contribution >= 4 is 5.78 Å². The second-order valence-corrected chi connectivity index (χ2v) is 12.2. The molecule has 6 atom stereocenters. The highest BCUT2D eigenvalue weighted by atomic mass is 16.3. The van der Waals surface area contributed by atoms with E-state index in [0.29, 0.717) is 10.8 Å². The Bertz CT molecular complexity index is 961. The minimum absolute atomic E-state index is 0.0815. The summed E-state index contributed by atoms with van der Waals surface area (Å²) in [6.45, 7) is 14.4. The van der Waals surface area contributed by atoms with Crippen LogP contribution in [0.4, 0.5) is 0 Å². The highest BCUT2D eigenvalue weighted by molar-refractivity contribution is 6.06. The fraction of sp³-hybridized carbons (Fsp3) is 0.679. The fourth-order valence-corrected chi connectivity index (χ4v) is 8.51. The van der Waals surface area contributed by atoms with Crippen LogP contribution in [0.1, 0.15) is 86.5 Å². The number of hydrogen-bond donors (Lipinski definition) is 1. The maximum Gasteiger partial charge on any atom is 0.220 e. The molecular formula is C28H38O2. The summed E-state index contributed by atoms with van der Waals surface area (Å²) in [5, 5.41) is 10.3. The monoisotopic (exact) mass is 406 g/mol. The quantitative estimate of drug-likeness (QED) is 0.460. The van der Waals surface area contributed by atoms with Gasteiger partial charge in [-0.05, 0) is 90.8 Å². The summed E-state index contributed by atoms with van der Waals surface area (Å²) in [5.74, 6) is 1.30. The first-order valence-electron chi connectivity index (χ1n) is 12.1. The second-order valence-electron chi connectivity index (χ2n) is 12.2. The van der Waals surface area contributed by atoms with Gasteiger partial charge in [0.25, 0.3) is 0 Å². The molecule has 5 rings (SSSR count). The molecule has 5 aliphatic rings. The zero-order valence-electron chi connectivity index (χ0n) is 19.7. The van der Waals surface area contributed by atoms with Crippen LogP contribution in [-0.4, -0.2) is 10.9 Å². The summed E-state index contributed by atoms with van der Waals surface area (Å²) >= 11 is 0. The Morgan fingerprint density at radius 2 is 1.73 bits per heavy atom. The van der Waals surface area contributed by atoms with E-state index in [-0.39, 0.29) is 22.4 Å². The van der Waals surface area contributed by atoms with Crippen LogP contribution in [0, 0.1) is 33.5 Å². The van der Waals surface area contributed by atoms with Gasteiger partial charge < -0.3 is 5.11 Å². The van der Waals surface area contributed by atoms with Gasteiger partial charge in [0.1, 0.15) is 0 Å². The Morgan fingerprint density at radius 3 is 2.47 bits per heavy atom. The lowest BCUT2D eigenvalue weighted by molar-refractivity contribution is -0.148. The zero-order chi connectivity index (χ0) is 21.7. The Hall–Kier alpha value is -1.57. The van der Waals surface area contributed by atoms with E-state index in [9.17, 15) is 9.90 Å². The molecule has 3 saturated carbocycles. The van der Waals surface area contributed by atoms with Crippen molar-refractivity contribution in [1.29, 1.82) is 0 Å². The van der Waals surface area contributed by atoms with E-state index in [1.807, 2.05) is 6.92 Å². The third-order valence-corrected chi connectivity index (χ3v) is 10.8. The molecule has 0 aromatic carbocycles. The highest BCUT2D eigenvalue weighted by Crippen LogP contribution is 2.74. The lowest BCUT2D eigenvalue weighted by Gasteiger charge is -2.69.